The van der Waals surface area contributed by atoms with Gasteiger partial charge in [0.05, 0.1) is 12.0 Å². The summed E-state index contributed by atoms with van der Waals surface area (Å²) in [5.74, 6) is 2.56. The third-order valence-corrected chi connectivity index (χ3v) is 7.96. The highest BCUT2D eigenvalue weighted by Gasteiger charge is 2.40. The minimum Gasteiger partial charge on any atom is -0.497 e. The Labute approximate surface area is 178 Å². The first-order chi connectivity index (χ1) is 14.3. The van der Waals surface area contributed by atoms with Gasteiger partial charge in [-0.15, -0.1) is 0 Å². The Bertz CT molecular complexity index is 1030. The molecule has 0 aromatic heterocycles. The van der Waals surface area contributed by atoms with E-state index in [4.69, 9.17) is 4.74 Å². The van der Waals surface area contributed by atoms with Crippen LogP contribution in [0, 0.1) is 24.7 Å². The molecular weight excluding hydrogens is 400 g/mol. The molecule has 0 heterocycles. The van der Waals surface area contributed by atoms with E-state index in [-0.39, 0.29) is 10.8 Å². The second kappa shape index (κ2) is 8.30. The predicted octanol–water partition coefficient (Wildman–Crippen LogP) is 4.57. The zero-order valence-corrected chi connectivity index (χ0v) is 18.2. The lowest BCUT2D eigenvalue weighted by atomic mass is 9.86. The third-order valence-electron chi connectivity index (χ3n) is 6.44. The largest absolute Gasteiger partial charge is 0.497 e. The van der Waals surface area contributed by atoms with E-state index in [0.717, 1.165) is 12.3 Å². The molecule has 0 aliphatic heterocycles. The number of methoxy groups -OCH3 is 1. The average Bonchev–Trinajstić information content (AvgIpc) is 3.33. The zero-order chi connectivity index (χ0) is 21.3. The Morgan fingerprint density at radius 1 is 1.07 bits per heavy atom. The Kier molecular flexibility index (Phi) is 5.73. The van der Waals surface area contributed by atoms with Gasteiger partial charge in [-0.25, -0.2) is 8.42 Å². The number of hydrogen-bond acceptors (Lipinski definition) is 4. The Morgan fingerprint density at radius 2 is 1.80 bits per heavy atom. The number of carbonyl (C=O) groups is 1. The van der Waals surface area contributed by atoms with Gasteiger partial charge in [0.2, 0.25) is 5.91 Å². The van der Waals surface area contributed by atoms with Crippen LogP contribution in [0.3, 0.4) is 0 Å². The summed E-state index contributed by atoms with van der Waals surface area (Å²) in [5, 5.41) is 2.90. The van der Waals surface area contributed by atoms with Crippen LogP contribution in [0.4, 0.5) is 11.4 Å². The highest BCUT2D eigenvalue weighted by atomic mass is 32.2. The van der Waals surface area contributed by atoms with E-state index in [9.17, 15) is 13.2 Å². The Balaban J connectivity index is 1.45. The van der Waals surface area contributed by atoms with Crippen molar-refractivity contribution in [2.75, 3.05) is 17.1 Å². The molecule has 2 aliphatic rings. The molecule has 0 saturated heterocycles. The summed E-state index contributed by atoms with van der Waals surface area (Å²) in [5.41, 5.74) is 1.56. The molecular formula is C23H28N2O4S. The first-order valence-corrected chi connectivity index (χ1v) is 11.9. The van der Waals surface area contributed by atoms with Crippen LogP contribution in [0.25, 0.3) is 0 Å². The van der Waals surface area contributed by atoms with Crippen molar-refractivity contribution in [2.24, 2.45) is 17.8 Å². The second-order valence-electron chi connectivity index (χ2n) is 8.50. The first-order valence-electron chi connectivity index (χ1n) is 10.4. The van der Waals surface area contributed by atoms with Gasteiger partial charge in [0.1, 0.15) is 5.75 Å². The number of anilines is 2. The molecule has 4 rings (SSSR count). The lowest BCUT2D eigenvalue weighted by molar-refractivity contribution is -0.117. The fraction of sp³-hybridized carbons (Fsp3) is 0.435. The zero-order valence-electron chi connectivity index (χ0n) is 17.4. The predicted molar refractivity (Wildman–Crippen MR) is 117 cm³/mol. The summed E-state index contributed by atoms with van der Waals surface area (Å²) in [6, 6.07) is 11.7. The summed E-state index contributed by atoms with van der Waals surface area (Å²) in [4.78, 5) is 12.7. The van der Waals surface area contributed by atoms with Crippen LogP contribution in [-0.2, 0) is 14.8 Å². The quantitative estimate of drug-likeness (QED) is 0.677. The van der Waals surface area contributed by atoms with Crippen LogP contribution in [-0.4, -0.2) is 21.4 Å². The maximum atomic E-state index is 12.9. The van der Waals surface area contributed by atoms with E-state index in [0.29, 0.717) is 40.9 Å². The minimum absolute atomic E-state index is 0.0390. The number of nitrogens with one attached hydrogen (secondary N) is 2. The maximum absolute atomic E-state index is 12.9. The summed E-state index contributed by atoms with van der Waals surface area (Å²) in [6.45, 7) is 1.74. The van der Waals surface area contributed by atoms with E-state index in [1.165, 1.54) is 25.3 Å². The molecule has 30 heavy (non-hydrogen) atoms. The molecule has 3 atom stereocenters. The van der Waals surface area contributed by atoms with E-state index in [1.807, 2.05) is 0 Å². The maximum Gasteiger partial charge on any atom is 0.262 e. The van der Waals surface area contributed by atoms with Crippen LogP contribution in [0.15, 0.2) is 47.4 Å². The molecule has 1 amide bonds. The molecule has 2 aromatic carbocycles. The number of fused-ring (bicyclic) bond motifs is 2. The van der Waals surface area contributed by atoms with Gasteiger partial charge in [-0.1, -0.05) is 12.5 Å². The fourth-order valence-corrected chi connectivity index (χ4v) is 6.24. The van der Waals surface area contributed by atoms with Gasteiger partial charge in [0.25, 0.3) is 10.0 Å². The number of ether oxygens (including phenoxy) is 1. The number of rotatable bonds is 7. The van der Waals surface area contributed by atoms with E-state index < -0.39 is 10.0 Å². The molecule has 2 saturated carbocycles. The minimum atomic E-state index is -3.79. The topological polar surface area (TPSA) is 84.5 Å². The number of amides is 1. The normalized spacial score (nSPS) is 22.7. The Hall–Kier alpha value is -2.54. The van der Waals surface area contributed by atoms with Crippen molar-refractivity contribution < 1.29 is 17.9 Å². The number of hydrogen-bond donors (Lipinski definition) is 2. The molecule has 2 fully saturated rings. The van der Waals surface area contributed by atoms with E-state index >= 15 is 0 Å². The van der Waals surface area contributed by atoms with Crippen molar-refractivity contribution in [1.82, 2.24) is 0 Å². The van der Waals surface area contributed by atoms with Crippen molar-refractivity contribution in [3.63, 3.8) is 0 Å². The van der Waals surface area contributed by atoms with Crippen molar-refractivity contribution in [3.8, 4) is 5.75 Å². The molecule has 2 aromatic rings. The first kappa shape index (κ1) is 20.7. The van der Waals surface area contributed by atoms with Crippen LogP contribution in [0.2, 0.25) is 0 Å². The van der Waals surface area contributed by atoms with Gasteiger partial charge in [-0.3, -0.25) is 9.52 Å². The molecule has 2 N–H and O–H groups in total. The van der Waals surface area contributed by atoms with Crippen LogP contribution >= 0.6 is 0 Å². The van der Waals surface area contributed by atoms with Gasteiger partial charge in [-0.2, -0.15) is 0 Å². The Morgan fingerprint density at radius 3 is 2.43 bits per heavy atom. The van der Waals surface area contributed by atoms with Crippen molar-refractivity contribution >= 4 is 27.3 Å². The molecule has 2 aliphatic carbocycles. The van der Waals surface area contributed by atoms with Gasteiger partial charge in [0.15, 0.2) is 0 Å². The van der Waals surface area contributed by atoms with E-state index in [1.54, 1.807) is 50.4 Å². The summed E-state index contributed by atoms with van der Waals surface area (Å²) in [7, 11) is -2.24. The summed E-state index contributed by atoms with van der Waals surface area (Å²) < 4.78 is 33.5. The second-order valence-corrected chi connectivity index (χ2v) is 10.2. The van der Waals surface area contributed by atoms with Crippen molar-refractivity contribution in [2.45, 2.75) is 43.9 Å². The lowest BCUT2D eigenvalue weighted by Gasteiger charge is -2.21. The summed E-state index contributed by atoms with van der Waals surface area (Å²) >= 11 is 0. The van der Waals surface area contributed by atoms with Gasteiger partial charge in [-0.05, 0) is 85.9 Å². The number of carbonyl (C=O) groups excluding carboxylic acids is 1. The number of sulfonamides is 1. The monoisotopic (exact) mass is 428 g/mol. The third kappa shape index (κ3) is 4.46. The molecule has 6 nitrogen and oxygen atoms in total. The molecule has 0 unspecified atom stereocenters. The van der Waals surface area contributed by atoms with Gasteiger partial charge < -0.3 is 10.1 Å². The molecule has 0 spiro atoms. The molecule has 2 bridgehead atoms. The SMILES string of the molecule is COc1ccc(NS(=O)(=O)c2cc(NC(=O)C[C@H]3C[C@H]4CC[C@@H]3C4)ccc2C)cc1. The van der Waals surface area contributed by atoms with E-state index in [2.05, 4.69) is 10.0 Å². The number of benzene rings is 2. The van der Waals surface area contributed by atoms with Crippen LogP contribution < -0.4 is 14.8 Å². The highest BCUT2D eigenvalue weighted by Crippen LogP contribution is 2.49. The fourth-order valence-electron chi connectivity index (χ4n) is 4.91. The van der Waals surface area contributed by atoms with Crippen molar-refractivity contribution in [3.05, 3.63) is 48.0 Å². The average molecular weight is 429 g/mol. The standard InChI is InChI=1S/C23H28N2O4S/c1-15-3-6-20(24-23(26)13-18-12-16-4-5-17(18)11-16)14-22(15)30(27,28)25-19-7-9-21(29-2)10-8-19/h3,6-10,14,16-18,25H,4-5,11-13H2,1-2H3,(H,24,26)/t16-,17+,18+/m0/s1. The van der Waals surface area contributed by atoms with Gasteiger partial charge in [0, 0.05) is 17.8 Å². The smallest absolute Gasteiger partial charge is 0.262 e. The highest BCUT2D eigenvalue weighted by molar-refractivity contribution is 7.92. The molecule has 7 heteroatoms. The molecule has 0 radical (unpaired) electrons. The number of aryl methyl sites for hydroxylation is 1. The van der Waals surface area contributed by atoms with Crippen LogP contribution in [0.1, 0.15) is 37.7 Å². The summed E-state index contributed by atoms with van der Waals surface area (Å²) in [6.07, 6.45) is 5.48. The van der Waals surface area contributed by atoms with Crippen molar-refractivity contribution in [1.29, 1.82) is 0 Å². The lowest BCUT2D eigenvalue weighted by Crippen LogP contribution is -2.21. The van der Waals surface area contributed by atoms with Crippen LogP contribution in [0.5, 0.6) is 5.75 Å². The molecule has 160 valence electrons. The van der Waals surface area contributed by atoms with Gasteiger partial charge >= 0.3 is 0 Å².